The number of hydrogen-bond acceptors (Lipinski definition) is 6. The molecule has 5 aliphatic rings. The number of H-pyrrole nitrogens is 1. The number of aliphatic imine (C=N–C) groups is 3. The van der Waals surface area contributed by atoms with E-state index in [1.54, 1.807) is 0 Å². The summed E-state index contributed by atoms with van der Waals surface area (Å²) in [7, 11) is -1.17. The Labute approximate surface area is 253 Å². The van der Waals surface area contributed by atoms with Crippen molar-refractivity contribution in [1.29, 1.82) is 0 Å². The Kier molecular flexibility index (Phi) is 7.00. The van der Waals surface area contributed by atoms with Crippen molar-refractivity contribution < 1.29 is 4.74 Å². The molecule has 8 heteroatoms. The summed E-state index contributed by atoms with van der Waals surface area (Å²) >= 11 is 0. The Morgan fingerprint density at radius 1 is 0.791 bits per heavy atom. The molecule has 43 heavy (non-hydrogen) atoms. The summed E-state index contributed by atoms with van der Waals surface area (Å²) in [6.45, 7) is 8.31. The predicted octanol–water partition coefficient (Wildman–Crippen LogP) is 6.95. The molecule has 0 fully saturated rings. The largest absolute Gasteiger partial charge is 0.361 e. The van der Waals surface area contributed by atoms with Crippen molar-refractivity contribution in [2.45, 2.75) is 25.7 Å². The van der Waals surface area contributed by atoms with E-state index in [9.17, 15) is 0 Å². The van der Waals surface area contributed by atoms with Crippen LogP contribution in [0.25, 0.3) is 11.6 Å². The fourth-order valence-corrected chi connectivity index (χ4v) is 6.15. The summed E-state index contributed by atoms with van der Waals surface area (Å²) in [5, 5.41) is 3.44. The molecule has 0 saturated heterocycles. The lowest BCUT2D eigenvalue weighted by atomic mass is 10.0. The van der Waals surface area contributed by atoms with E-state index in [4.69, 9.17) is 19.7 Å². The lowest BCUT2D eigenvalue weighted by Gasteiger charge is -2.22. The first kappa shape index (κ1) is 27.1. The van der Waals surface area contributed by atoms with E-state index in [1.807, 2.05) is 42.8 Å². The minimum absolute atomic E-state index is 0.456. The van der Waals surface area contributed by atoms with Gasteiger partial charge in [0, 0.05) is 44.0 Å². The van der Waals surface area contributed by atoms with E-state index in [0.717, 1.165) is 80.8 Å². The number of ether oxygens (including phenoxy) is 1. The molecule has 2 aromatic rings. The van der Waals surface area contributed by atoms with Gasteiger partial charge in [-0.3, -0.25) is 0 Å². The first-order valence-electron chi connectivity index (χ1n) is 14.7. The normalized spacial score (nSPS) is 20.4. The minimum Gasteiger partial charge on any atom is -0.361 e. The predicted molar refractivity (Wildman–Crippen MR) is 179 cm³/mol. The second-order valence-electron chi connectivity index (χ2n) is 12.1. The van der Waals surface area contributed by atoms with Crippen LogP contribution in [0.15, 0.2) is 141 Å². The smallest absolute Gasteiger partial charge is 0.124 e. The van der Waals surface area contributed by atoms with Gasteiger partial charge in [0.25, 0.3) is 0 Å². The number of nitrogens with zero attached hydrogens (tertiary/aromatic N) is 4. The molecule has 1 aromatic carbocycles. The van der Waals surface area contributed by atoms with E-state index >= 15 is 0 Å². The standard InChI is InChI=1S/C35H34N6OSi/c1-43(2,3)20-19-42-23-41-18-17-36-35(41)34-31-15-11-27(39-31)21-25-9-13-29(37-25)33(24-7-5-4-6-8-24)30-14-10-26(38-30)22-28-12-16-32(34)40-28/h4-18,21-22,36-37H,19-20,23H2,1-3H3/b27-21?,28-22?,33-30?,35-34+. The van der Waals surface area contributed by atoms with Gasteiger partial charge in [-0.05, 0) is 72.3 Å². The Morgan fingerprint density at radius 3 is 2.33 bits per heavy atom. The first-order valence-corrected chi connectivity index (χ1v) is 18.4. The molecule has 0 spiro atoms. The molecule has 2 N–H and O–H groups in total. The summed E-state index contributed by atoms with van der Waals surface area (Å²) in [5.41, 5.74) is 10.2. The summed E-state index contributed by atoms with van der Waals surface area (Å²) in [6, 6.07) is 15.7. The Bertz CT molecular complexity index is 1820. The topological polar surface area (TPSA) is 77.4 Å². The molecule has 0 unspecified atom stereocenters. The maximum Gasteiger partial charge on any atom is 0.124 e. The van der Waals surface area contributed by atoms with Gasteiger partial charge >= 0.3 is 0 Å². The molecule has 0 saturated carbocycles. The van der Waals surface area contributed by atoms with E-state index in [1.165, 1.54) is 0 Å². The number of aromatic amines is 1. The summed E-state index contributed by atoms with van der Waals surface area (Å²) in [5.74, 6) is 0.904. The van der Waals surface area contributed by atoms with Gasteiger partial charge in [-0.1, -0.05) is 50.0 Å². The van der Waals surface area contributed by atoms with Gasteiger partial charge in [-0.2, -0.15) is 0 Å². The Morgan fingerprint density at radius 2 is 1.56 bits per heavy atom. The second-order valence-corrected chi connectivity index (χ2v) is 17.7. The monoisotopic (exact) mass is 582 g/mol. The maximum absolute atomic E-state index is 6.12. The number of fused-ring (bicyclic) bond motifs is 5. The molecule has 8 bridgehead atoms. The first-order chi connectivity index (χ1) is 20.9. The third-order valence-corrected chi connectivity index (χ3v) is 9.32. The van der Waals surface area contributed by atoms with Gasteiger partial charge < -0.3 is 19.9 Å². The number of rotatable bonds is 6. The van der Waals surface area contributed by atoms with Crippen LogP contribution in [0.5, 0.6) is 0 Å². The third kappa shape index (κ3) is 5.80. The lowest BCUT2D eigenvalue weighted by molar-refractivity contribution is 0.0791. The molecule has 0 atom stereocenters. The molecule has 1 aromatic heterocycles. The van der Waals surface area contributed by atoms with E-state index in [-0.39, 0.29) is 0 Å². The number of nitrogens with one attached hydrogen (secondary N) is 2. The Hall–Kier alpha value is -4.79. The molecule has 0 amide bonds. The molecule has 5 aliphatic heterocycles. The fourth-order valence-electron chi connectivity index (χ4n) is 5.39. The van der Waals surface area contributed by atoms with Crippen LogP contribution >= 0.6 is 0 Å². The molecule has 214 valence electrons. The van der Waals surface area contributed by atoms with Crippen LogP contribution in [0.2, 0.25) is 25.7 Å². The zero-order chi connectivity index (χ0) is 29.4. The van der Waals surface area contributed by atoms with Gasteiger partial charge in [0.15, 0.2) is 0 Å². The number of benzene rings is 1. The van der Waals surface area contributed by atoms with Crippen molar-refractivity contribution in [3.05, 3.63) is 143 Å². The third-order valence-electron chi connectivity index (χ3n) is 7.62. The van der Waals surface area contributed by atoms with Crippen LogP contribution in [0.4, 0.5) is 0 Å². The van der Waals surface area contributed by atoms with Crippen molar-refractivity contribution in [2.24, 2.45) is 15.0 Å². The molecule has 6 heterocycles. The van der Waals surface area contributed by atoms with E-state index < -0.39 is 8.07 Å². The van der Waals surface area contributed by atoms with Gasteiger partial charge in [-0.15, -0.1) is 0 Å². The summed E-state index contributed by atoms with van der Waals surface area (Å²) in [4.78, 5) is 20.8. The van der Waals surface area contributed by atoms with Gasteiger partial charge in [0.05, 0.1) is 39.8 Å². The van der Waals surface area contributed by atoms with Crippen molar-refractivity contribution in [2.75, 3.05) is 13.3 Å². The zero-order valence-corrected chi connectivity index (χ0v) is 25.6. The average molecular weight is 583 g/mol. The Balaban J connectivity index is 1.31. The highest BCUT2D eigenvalue weighted by Gasteiger charge is 2.27. The van der Waals surface area contributed by atoms with Crippen molar-refractivity contribution in [3.63, 3.8) is 0 Å². The van der Waals surface area contributed by atoms with E-state index in [2.05, 4.69) is 95.5 Å². The van der Waals surface area contributed by atoms with Crippen LogP contribution < -0.4 is 5.32 Å². The van der Waals surface area contributed by atoms with Crippen molar-refractivity contribution in [3.8, 4) is 0 Å². The average Bonchev–Trinajstić information content (AvgIpc) is 3.82. The molecule has 0 radical (unpaired) electrons. The number of hydrogen-bond donors (Lipinski definition) is 2. The molecular weight excluding hydrogens is 549 g/mol. The van der Waals surface area contributed by atoms with Gasteiger partial charge in [-0.25, -0.2) is 15.0 Å². The fraction of sp³-hybridized carbons (Fsp3) is 0.171. The van der Waals surface area contributed by atoms with Crippen LogP contribution in [0.3, 0.4) is 0 Å². The molecule has 7 rings (SSSR count). The van der Waals surface area contributed by atoms with Crippen LogP contribution in [0.1, 0.15) is 17.0 Å². The maximum atomic E-state index is 6.12. The molecular formula is C35H34N6OSi. The minimum atomic E-state index is -1.17. The van der Waals surface area contributed by atoms with Gasteiger partial charge in [0.2, 0.25) is 0 Å². The van der Waals surface area contributed by atoms with Crippen molar-refractivity contribution in [1.82, 2.24) is 15.2 Å². The number of aromatic nitrogens is 1. The lowest BCUT2D eigenvalue weighted by Crippen LogP contribution is -2.28. The van der Waals surface area contributed by atoms with Gasteiger partial charge in [0.1, 0.15) is 12.6 Å². The number of allylic oxidation sites excluding steroid dienone is 8. The van der Waals surface area contributed by atoms with E-state index in [0.29, 0.717) is 6.73 Å². The highest BCUT2D eigenvalue weighted by atomic mass is 28.3. The second kappa shape index (κ2) is 11.1. The SMILES string of the molecule is C[Si](C)(C)CCOCN1C=CN/C1=C1\C2=NC(=CC3=NC(=C(c4ccccc4)c4ccc([nH]4)C=C4C=CC1=N4)C=C3)C=C2. The highest BCUT2D eigenvalue weighted by Crippen LogP contribution is 2.32. The van der Waals surface area contributed by atoms with Crippen LogP contribution in [0, 0.1) is 0 Å². The van der Waals surface area contributed by atoms with Crippen molar-refractivity contribution >= 4 is 36.9 Å². The summed E-state index contributed by atoms with van der Waals surface area (Å²) in [6.07, 6.45) is 20.4. The highest BCUT2D eigenvalue weighted by molar-refractivity contribution is 6.76. The zero-order valence-electron chi connectivity index (χ0n) is 24.6. The quantitative estimate of drug-likeness (QED) is 0.286. The molecule has 7 nitrogen and oxygen atoms in total. The van der Waals surface area contributed by atoms with Crippen LogP contribution in [-0.4, -0.2) is 48.4 Å². The van der Waals surface area contributed by atoms with Crippen LogP contribution in [-0.2, 0) is 4.74 Å². The molecule has 0 aliphatic carbocycles. The summed E-state index contributed by atoms with van der Waals surface area (Å²) < 4.78 is 6.12.